The minimum Gasteiger partial charge on any atom is -0.466 e. The first-order valence-electron chi connectivity index (χ1n) is 4.57. The molecule has 13 heavy (non-hydrogen) atoms. The molecule has 1 saturated carbocycles. The second-order valence-electron chi connectivity index (χ2n) is 3.92. The minimum absolute atomic E-state index is 0.163. The van der Waals surface area contributed by atoms with Crippen molar-refractivity contribution < 1.29 is 9.25 Å². The molecule has 2 N–H and O–H groups in total. The summed E-state index contributed by atoms with van der Waals surface area (Å²) in [5.41, 5.74) is 1.44. The highest BCUT2D eigenvalue weighted by Crippen LogP contribution is 2.49. The van der Waals surface area contributed by atoms with Crippen LogP contribution >= 0.6 is 0 Å². The van der Waals surface area contributed by atoms with Crippen molar-refractivity contribution in [2.45, 2.75) is 32.1 Å². The fourth-order valence-corrected chi connectivity index (χ4v) is 1.96. The highest BCUT2D eigenvalue weighted by atomic mass is 16.6. The van der Waals surface area contributed by atoms with Crippen molar-refractivity contribution in [2.75, 3.05) is 6.61 Å². The zero-order valence-electron chi connectivity index (χ0n) is 8.09. The lowest BCUT2D eigenvalue weighted by atomic mass is 9.97. The summed E-state index contributed by atoms with van der Waals surface area (Å²) in [5, 5.41) is 0. The van der Waals surface area contributed by atoms with E-state index in [1.165, 1.54) is 5.56 Å². The molecule has 0 radical (unpaired) electrons. The van der Waals surface area contributed by atoms with Gasteiger partial charge in [0, 0.05) is 11.0 Å². The topological polar surface area (TPSA) is 48.4 Å². The van der Waals surface area contributed by atoms with Crippen molar-refractivity contribution in [3.8, 4) is 0 Å². The van der Waals surface area contributed by atoms with Gasteiger partial charge in [-0.15, -0.1) is 0 Å². The number of aryl methyl sites for hydroxylation is 2. The van der Waals surface area contributed by atoms with Gasteiger partial charge in [0.25, 0.3) is 0 Å². The van der Waals surface area contributed by atoms with Crippen LogP contribution in [0.5, 0.6) is 0 Å². The molecule has 0 unspecified atom stereocenters. The molecule has 1 aliphatic carbocycles. The van der Waals surface area contributed by atoms with Crippen LogP contribution in [0.4, 0.5) is 0 Å². The minimum atomic E-state index is 0.163. The van der Waals surface area contributed by atoms with E-state index < -0.39 is 0 Å². The Morgan fingerprint density at radius 3 is 2.62 bits per heavy atom. The first-order chi connectivity index (χ1) is 6.18. The van der Waals surface area contributed by atoms with Gasteiger partial charge in [-0.3, -0.25) is 0 Å². The van der Waals surface area contributed by atoms with Crippen molar-refractivity contribution in [1.82, 2.24) is 0 Å². The zero-order chi connectivity index (χ0) is 9.47. The van der Waals surface area contributed by atoms with Gasteiger partial charge >= 0.3 is 0 Å². The quantitative estimate of drug-likeness (QED) is 0.723. The maximum atomic E-state index is 5.49. The molecule has 0 spiro atoms. The molecule has 2 rings (SSSR count). The number of furan rings is 1. The fourth-order valence-electron chi connectivity index (χ4n) is 1.96. The molecule has 1 aromatic heterocycles. The average molecular weight is 181 g/mol. The molecule has 0 atom stereocenters. The third-order valence-electron chi connectivity index (χ3n) is 2.83. The Morgan fingerprint density at radius 2 is 2.23 bits per heavy atom. The number of hydrogen-bond donors (Lipinski definition) is 1. The first kappa shape index (κ1) is 8.78. The zero-order valence-corrected chi connectivity index (χ0v) is 8.09. The summed E-state index contributed by atoms with van der Waals surface area (Å²) < 4.78 is 5.49. The number of rotatable bonds is 3. The summed E-state index contributed by atoms with van der Waals surface area (Å²) in [6, 6.07) is 2.10. The summed E-state index contributed by atoms with van der Waals surface area (Å²) in [7, 11) is 0. The van der Waals surface area contributed by atoms with Crippen LogP contribution in [0.25, 0.3) is 0 Å². The Bertz CT molecular complexity index is 313. The molecule has 3 nitrogen and oxygen atoms in total. The van der Waals surface area contributed by atoms with Gasteiger partial charge in [0.15, 0.2) is 0 Å². The molecule has 0 amide bonds. The number of hydrogen-bond acceptors (Lipinski definition) is 3. The highest BCUT2D eigenvalue weighted by Gasteiger charge is 2.46. The van der Waals surface area contributed by atoms with Crippen molar-refractivity contribution in [3.05, 3.63) is 23.2 Å². The van der Waals surface area contributed by atoms with Gasteiger partial charge in [0.1, 0.15) is 11.5 Å². The molecule has 0 saturated heterocycles. The van der Waals surface area contributed by atoms with Gasteiger partial charge < -0.3 is 9.25 Å². The van der Waals surface area contributed by atoms with E-state index in [4.69, 9.17) is 15.2 Å². The Morgan fingerprint density at radius 1 is 1.54 bits per heavy atom. The predicted octanol–water partition coefficient (Wildman–Crippen LogP) is 1.82. The summed E-state index contributed by atoms with van der Waals surface area (Å²) in [6.45, 7) is 4.57. The second-order valence-corrected chi connectivity index (χ2v) is 3.92. The van der Waals surface area contributed by atoms with Crippen molar-refractivity contribution in [2.24, 2.45) is 5.90 Å². The van der Waals surface area contributed by atoms with Crippen molar-refractivity contribution in [3.63, 3.8) is 0 Å². The smallest absolute Gasteiger partial charge is 0.104 e. The van der Waals surface area contributed by atoms with Gasteiger partial charge in [0.2, 0.25) is 0 Å². The fraction of sp³-hybridized carbons (Fsp3) is 0.600. The standard InChI is InChI=1S/C10H15NO2/c1-7-5-9(8(2)13-7)10(3-4-10)6-12-11/h5H,3-4,6,11H2,1-2H3. The lowest BCUT2D eigenvalue weighted by Crippen LogP contribution is -2.18. The Kier molecular flexibility index (Phi) is 1.93. The van der Waals surface area contributed by atoms with E-state index >= 15 is 0 Å². The Balaban J connectivity index is 2.29. The van der Waals surface area contributed by atoms with Crippen LogP contribution in [0.1, 0.15) is 29.9 Å². The van der Waals surface area contributed by atoms with E-state index in [0.717, 1.165) is 24.4 Å². The van der Waals surface area contributed by atoms with Gasteiger partial charge in [-0.2, -0.15) is 0 Å². The molecular weight excluding hydrogens is 166 g/mol. The second kappa shape index (κ2) is 2.86. The summed E-state index contributed by atoms with van der Waals surface area (Å²) in [5.74, 6) is 7.09. The molecule has 3 heteroatoms. The maximum absolute atomic E-state index is 5.49. The first-order valence-corrected chi connectivity index (χ1v) is 4.57. The predicted molar refractivity (Wildman–Crippen MR) is 49.2 cm³/mol. The lowest BCUT2D eigenvalue weighted by Gasteiger charge is -2.11. The van der Waals surface area contributed by atoms with Crippen LogP contribution in [0.3, 0.4) is 0 Å². The van der Waals surface area contributed by atoms with Crippen LogP contribution in [-0.2, 0) is 10.3 Å². The van der Waals surface area contributed by atoms with E-state index in [1.807, 2.05) is 13.8 Å². The summed E-state index contributed by atoms with van der Waals surface area (Å²) >= 11 is 0. The monoisotopic (exact) mass is 181 g/mol. The normalized spacial score (nSPS) is 19.0. The van der Waals surface area contributed by atoms with Gasteiger partial charge in [-0.25, -0.2) is 5.90 Å². The van der Waals surface area contributed by atoms with Crippen LogP contribution < -0.4 is 5.90 Å². The van der Waals surface area contributed by atoms with E-state index in [0.29, 0.717) is 6.61 Å². The molecule has 72 valence electrons. The lowest BCUT2D eigenvalue weighted by molar-refractivity contribution is 0.115. The molecule has 0 bridgehead atoms. The third-order valence-corrected chi connectivity index (χ3v) is 2.83. The van der Waals surface area contributed by atoms with Gasteiger partial charge in [-0.1, -0.05) is 0 Å². The van der Waals surface area contributed by atoms with E-state index in [1.54, 1.807) is 0 Å². The Labute approximate surface area is 77.8 Å². The molecule has 1 heterocycles. The highest BCUT2D eigenvalue weighted by molar-refractivity contribution is 5.35. The molecular formula is C10H15NO2. The molecule has 0 aromatic carbocycles. The van der Waals surface area contributed by atoms with Gasteiger partial charge in [-0.05, 0) is 32.8 Å². The SMILES string of the molecule is Cc1cc(C2(CON)CC2)c(C)o1. The summed E-state index contributed by atoms with van der Waals surface area (Å²) in [6.07, 6.45) is 2.31. The molecule has 1 aromatic rings. The molecule has 1 fully saturated rings. The Hall–Kier alpha value is -0.800. The van der Waals surface area contributed by atoms with Crippen LogP contribution in [0.15, 0.2) is 10.5 Å². The van der Waals surface area contributed by atoms with E-state index in [9.17, 15) is 0 Å². The molecule has 1 aliphatic rings. The number of nitrogens with two attached hydrogens (primary N) is 1. The molecule has 0 aliphatic heterocycles. The largest absolute Gasteiger partial charge is 0.466 e. The van der Waals surface area contributed by atoms with Crippen molar-refractivity contribution >= 4 is 0 Å². The van der Waals surface area contributed by atoms with E-state index in [2.05, 4.69) is 6.07 Å². The van der Waals surface area contributed by atoms with Gasteiger partial charge in [0.05, 0.1) is 6.61 Å². The maximum Gasteiger partial charge on any atom is 0.104 e. The average Bonchev–Trinajstić information content (AvgIpc) is 2.74. The summed E-state index contributed by atoms with van der Waals surface area (Å²) in [4.78, 5) is 4.75. The van der Waals surface area contributed by atoms with Crippen LogP contribution in [-0.4, -0.2) is 6.61 Å². The van der Waals surface area contributed by atoms with E-state index in [-0.39, 0.29) is 5.41 Å². The van der Waals surface area contributed by atoms with Crippen LogP contribution in [0, 0.1) is 13.8 Å². The van der Waals surface area contributed by atoms with Crippen molar-refractivity contribution in [1.29, 1.82) is 0 Å². The third kappa shape index (κ3) is 1.38. The van der Waals surface area contributed by atoms with Crippen LogP contribution in [0.2, 0.25) is 0 Å².